The van der Waals surface area contributed by atoms with Gasteiger partial charge in [0.2, 0.25) is 5.91 Å². The molecule has 1 amide bonds. The first-order valence-corrected chi connectivity index (χ1v) is 8.01. The molecule has 0 saturated carbocycles. The Hall–Kier alpha value is -3.17. The molecule has 1 aromatic carbocycles. The summed E-state index contributed by atoms with van der Waals surface area (Å²) in [7, 11) is 1.67. The van der Waals surface area contributed by atoms with E-state index in [1.54, 1.807) is 14.0 Å². The number of hydrogen-bond donors (Lipinski definition) is 1. The first-order chi connectivity index (χ1) is 12.7. The molecule has 0 saturated heterocycles. The lowest BCUT2D eigenvalue weighted by atomic mass is 10.1. The largest absolute Gasteiger partial charge is 0.416 e. The number of aryl methyl sites for hydroxylation is 1. The van der Waals surface area contributed by atoms with Gasteiger partial charge in [-0.15, -0.1) is 0 Å². The highest BCUT2D eigenvalue weighted by Gasteiger charge is 2.30. The molecule has 27 heavy (non-hydrogen) atoms. The number of hydrogen-bond acceptors (Lipinski definition) is 4. The molecule has 3 rings (SSSR count). The highest BCUT2D eigenvalue weighted by Crippen LogP contribution is 2.29. The molecule has 0 aliphatic heterocycles. The molecule has 0 bridgehead atoms. The van der Waals surface area contributed by atoms with Gasteiger partial charge >= 0.3 is 6.18 Å². The van der Waals surface area contributed by atoms with Gasteiger partial charge in [0.15, 0.2) is 0 Å². The van der Waals surface area contributed by atoms with E-state index in [0.29, 0.717) is 16.5 Å². The van der Waals surface area contributed by atoms with Crippen LogP contribution in [0.2, 0.25) is 0 Å². The van der Waals surface area contributed by atoms with Gasteiger partial charge in [-0.3, -0.25) is 14.3 Å². The molecule has 0 unspecified atom stereocenters. The highest BCUT2D eigenvalue weighted by molar-refractivity contribution is 5.78. The van der Waals surface area contributed by atoms with Crippen molar-refractivity contribution in [1.29, 1.82) is 0 Å². The summed E-state index contributed by atoms with van der Waals surface area (Å²) in [6.07, 6.45) is -1.57. The number of alkyl halides is 3. The maximum atomic E-state index is 12.6. The smallest absolute Gasteiger partial charge is 0.348 e. The minimum Gasteiger partial charge on any atom is -0.348 e. The topological polar surface area (TPSA) is 81.8 Å². The van der Waals surface area contributed by atoms with Gasteiger partial charge in [0, 0.05) is 7.05 Å². The Morgan fingerprint density at radius 3 is 2.48 bits per heavy atom. The van der Waals surface area contributed by atoms with Gasteiger partial charge in [0.25, 0.3) is 5.56 Å². The molecule has 3 aromatic rings. The number of halogens is 3. The van der Waals surface area contributed by atoms with Crippen LogP contribution in [0.3, 0.4) is 0 Å². The molecule has 2 aromatic heterocycles. The molecule has 0 fully saturated rings. The maximum absolute atomic E-state index is 12.6. The average Bonchev–Trinajstić information content (AvgIpc) is 2.98. The lowest BCUT2D eigenvalue weighted by Gasteiger charge is -2.15. The second-order valence-electron chi connectivity index (χ2n) is 6.08. The zero-order chi connectivity index (χ0) is 19.8. The molecule has 0 spiro atoms. The molecule has 0 aliphatic rings. The van der Waals surface area contributed by atoms with Gasteiger partial charge in [-0.2, -0.15) is 23.4 Å². The van der Waals surface area contributed by atoms with Crippen LogP contribution in [0.15, 0.2) is 41.5 Å². The quantitative estimate of drug-likeness (QED) is 0.752. The monoisotopic (exact) mass is 379 g/mol. The van der Waals surface area contributed by atoms with Crippen LogP contribution < -0.4 is 10.9 Å². The number of nitrogens with zero attached hydrogens (tertiary/aromatic N) is 4. The predicted molar refractivity (Wildman–Crippen MR) is 90.8 cm³/mol. The first kappa shape index (κ1) is 18.6. The van der Waals surface area contributed by atoms with Crippen LogP contribution in [-0.4, -0.2) is 25.5 Å². The number of amides is 1. The van der Waals surface area contributed by atoms with Gasteiger partial charge < -0.3 is 5.32 Å². The Labute approximate surface area is 151 Å². The van der Waals surface area contributed by atoms with Crippen molar-refractivity contribution in [2.45, 2.75) is 25.7 Å². The lowest BCUT2D eigenvalue weighted by molar-refractivity contribution is -0.137. The highest BCUT2D eigenvalue weighted by atomic mass is 19.4. The average molecular weight is 379 g/mol. The van der Waals surface area contributed by atoms with Crippen molar-refractivity contribution in [3.05, 3.63) is 58.1 Å². The first-order valence-electron chi connectivity index (χ1n) is 8.01. The summed E-state index contributed by atoms with van der Waals surface area (Å²) in [6, 6.07) is 4.00. The Morgan fingerprint density at radius 2 is 1.85 bits per heavy atom. The van der Waals surface area contributed by atoms with Crippen molar-refractivity contribution in [2.24, 2.45) is 7.05 Å². The van der Waals surface area contributed by atoms with E-state index in [9.17, 15) is 22.8 Å². The van der Waals surface area contributed by atoms with Crippen LogP contribution in [0.25, 0.3) is 10.9 Å². The second kappa shape index (κ2) is 6.86. The molecule has 2 heterocycles. The molecule has 10 heteroatoms. The Kier molecular flexibility index (Phi) is 4.73. The summed E-state index contributed by atoms with van der Waals surface area (Å²) >= 11 is 0. The van der Waals surface area contributed by atoms with E-state index in [4.69, 9.17) is 0 Å². The Morgan fingerprint density at radius 1 is 1.19 bits per heavy atom. The van der Waals surface area contributed by atoms with Crippen molar-refractivity contribution in [1.82, 2.24) is 24.9 Å². The number of fused-ring (bicyclic) bond motifs is 1. The Bertz CT molecular complexity index is 1040. The van der Waals surface area contributed by atoms with Gasteiger partial charge in [0.1, 0.15) is 6.54 Å². The number of aromatic nitrogens is 4. The molecule has 1 atom stereocenters. The van der Waals surface area contributed by atoms with Gasteiger partial charge in [0.05, 0.1) is 34.9 Å². The molecular weight excluding hydrogens is 363 g/mol. The fraction of sp³-hybridized carbons (Fsp3) is 0.294. The van der Waals surface area contributed by atoms with Crippen LogP contribution >= 0.6 is 0 Å². The van der Waals surface area contributed by atoms with E-state index in [1.807, 2.05) is 0 Å². The van der Waals surface area contributed by atoms with Crippen molar-refractivity contribution >= 4 is 16.8 Å². The molecule has 0 aliphatic carbocycles. The normalized spacial score (nSPS) is 12.9. The summed E-state index contributed by atoms with van der Waals surface area (Å²) in [5.74, 6) is -0.486. The van der Waals surface area contributed by atoms with Crippen molar-refractivity contribution in [2.75, 3.05) is 0 Å². The van der Waals surface area contributed by atoms with Crippen LogP contribution in [0.4, 0.5) is 13.2 Å². The van der Waals surface area contributed by atoms with Crippen LogP contribution in [0, 0.1) is 0 Å². The molecule has 7 nitrogen and oxygen atoms in total. The third-order valence-electron chi connectivity index (χ3n) is 4.18. The predicted octanol–water partition coefficient (Wildman–Crippen LogP) is 2.03. The van der Waals surface area contributed by atoms with Crippen LogP contribution in [0.5, 0.6) is 0 Å². The van der Waals surface area contributed by atoms with E-state index in [2.05, 4.69) is 15.5 Å². The zero-order valence-electron chi connectivity index (χ0n) is 14.5. The summed E-state index contributed by atoms with van der Waals surface area (Å²) in [5.41, 5.74) is -0.141. The number of benzene rings is 1. The summed E-state index contributed by atoms with van der Waals surface area (Å²) < 4.78 is 40.3. The van der Waals surface area contributed by atoms with E-state index in [1.165, 1.54) is 29.2 Å². The zero-order valence-corrected chi connectivity index (χ0v) is 14.5. The Balaban J connectivity index is 1.70. The van der Waals surface area contributed by atoms with E-state index in [-0.39, 0.29) is 6.54 Å². The van der Waals surface area contributed by atoms with Crippen LogP contribution in [-0.2, 0) is 24.6 Å². The number of carbonyl (C=O) groups excluding carboxylic acids is 1. The third kappa shape index (κ3) is 3.83. The fourth-order valence-corrected chi connectivity index (χ4v) is 2.66. The van der Waals surface area contributed by atoms with Gasteiger partial charge in [-0.1, -0.05) is 12.1 Å². The van der Waals surface area contributed by atoms with Crippen molar-refractivity contribution in [3.63, 3.8) is 0 Å². The van der Waals surface area contributed by atoms with E-state index < -0.39 is 29.2 Å². The second-order valence-corrected chi connectivity index (χ2v) is 6.08. The molecular formula is C17H16F3N5O2. The van der Waals surface area contributed by atoms with Crippen molar-refractivity contribution < 1.29 is 18.0 Å². The molecule has 0 radical (unpaired) electrons. The minimum atomic E-state index is -4.41. The standard InChI is InChI=1S/C17H16F3N5O2/c1-10(11-3-5-12(6-4-11)17(18,19)20)23-15(26)9-25-16(27)13-7-21-24(2)14(13)8-22-25/h3-8,10H,9H2,1-2H3,(H,23,26)/t10-/m0/s1. The number of nitrogens with one attached hydrogen (secondary N) is 1. The summed E-state index contributed by atoms with van der Waals surface area (Å²) in [5, 5.41) is 10.9. The van der Waals surface area contributed by atoms with E-state index >= 15 is 0 Å². The van der Waals surface area contributed by atoms with E-state index in [0.717, 1.165) is 16.8 Å². The third-order valence-corrected chi connectivity index (χ3v) is 4.18. The number of carbonyl (C=O) groups is 1. The SMILES string of the molecule is C[C@H](NC(=O)Cn1ncc2c(cnn2C)c1=O)c1ccc(C(F)(F)F)cc1. The van der Waals surface area contributed by atoms with Gasteiger partial charge in [-0.05, 0) is 24.6 Å². The fourth-order valence-electron chi connectivity index (χ4n) is 2.66. The van der Waals surface area contributed by atoms with Gasteiger partial charge in [-0.25, -0.2) is 4.68 Å². The maximum Gasteiger partial charge on any atom is 0.416 e. The molecule has 142 valence electrons. The summed E-state index contributed by atoms with van der Waals surface area (Å²) in [4.78, 5) is 24.5. The lowest BCUT2D eigenvalue weighted by Crippen LogP contribution is -2.34. The molecule has 1 N–H and O–H groups in total. The van der Waals surface area contributed by atoms with Crippen molar-refractivity contribution in [3.8, 4) is 0 Å². The summed E-state index contributed by atoms with van der Waals surface area (Å²) in [6.45, 7) is 1.33. The number of rotatable bonds is 4. The minimum absolute atomic E-state index is 0.311. The van der Waals surface area contributed by atoms with Crippen LogP contribution in [0.1, 0.15) is 24.1 Å².